The average Bonchev–Trinajstić information content (AvgIpc) is 2.60. The first kappa shape index (κ1) is 22.3. The first-order valence-electron chi connectivity index (χ1n) is 8.26. The van der Waals surface area contributed by atoms with Crippen LogP contribution in [0.2, 0.25) is 0 Å². The summed E-state index contributed by atoms with van der Waals surface area (Å²) in [6.45, 7) is 5.39. The lowest BCUT2D eigenvalue weighted by Crippen LogP contribution is -2.46. The van der Waals surface area contributed by atoms with Crippen LogP contribution in [0.1, 0.15) is 19.5 Å². The minimum atomic E-state index is -0.636. The SMILES string of the molecule is Cc1ccnc(Oc2ccc(NC(=O)CNC(=O)[C@@H](N)C(C)C)cc2)n1.Cl. The summed E-state index contributed by atoms with van der Waals surface area (Å²) in [7, 11) is 0. The molecule has 1 aromatic heterocycles. The highest BCUT2D eigenvalue weighted by atomic mass is 35.5. The molecule has 8 nitrogen and oxygen atoms in total. The molecular formula is C18H24ClN5O3. The summed E-state index contributed by atoms with van der Waals surface area (Å²) in [5.41, 5.74) is 7.10. The fourth-order valence-corrected chi connectivity index (χ4v) is 1.98. The summed E-state index contributed by atoms with van der Waals surface area (Å²) in [6, 6.07) is 8.14. The molecule has 2 rings (SSSR count). The highest BCUT2D eigenvalue weighted by molar-refractivity contribution is 5.95. The topological polar surface area (TPSA) is 119 Å². The van der Waals surface area contributed by atoms with Crippen molar-refractivity contribution >= 4 is 29.9 Å². The molecule has 0 spiro atoms. The van der Waals surface area contributed by atoms with Crippen LogP contribution in [0.25, 0.3) is 0 Å². The van der Waals surface area contributed by atoms with E-state index in [1.54, 1.807) is 36.5 Å². The second-order valence-electron chi connectivity index (χ2n) is 6.14. The largest absolute Gasteiger partial charge is 0.424 e. The van der Waals surface area contributed by atoms with E-state index in [0.717, 1.165) is 5.69 Å². The van der Waals surface area contributed by atoms with Crippen molar-refractivity contribution in [3.8, 4) is 11.8 Å². The van der Waals surface area contributed by atoms with Crippen molar-refractivity contribution in [3.63, 3.8) is 0 Å². The number of rotatable bonds is 7. The Hall–Kier alpha value is -2.71. The standard InChI is InChI=1S/C18H23N5O3.ClH/c1-11(2)16(19)17(25)21-10-15(24)23-13-4-6-14(7-5-13)26-18-20-9-8-12(3)22-18;/h4-9,11,16H,10,19H2,1-3H3,(H,21,25)(H,23,24);1H/t16-;/m0./s1. The number of carbonyl (C=O) groups excluding carboxylic acids is 2. The highest BCUT2D eigenvalue weighted by Crippen LogP contribution is 2.20. The van der Waals surface area contributed by atoms with Crippen LogP contribution in [0.3, 0.4) is 0 Å². The number of hydrogen-bond donors (Lipinski definition) is 3. The van der Waals surface area contributed by atoms with Crippen molar-refractivity contribution in [2.45, 2.75) is 26.8 Å². The third-order valence-electron chi connectivity index (χ3n) is 3.56. The maximum Gasteiger partial charge on any atom is 0.322 e. The van der Waals surface area contributed by atoms with E-state index in [9.17, 15) is 9.59 Å². The molecule has 1 aromatic carbocycles. The van der Waals surface area contributed by atoms with E-state index in [-0.39, 0.29) is 42.7 Å². The number of aryl methyl sites for hydroxylation is 1. The molecule has 0 radical (unpaired) electrons. The first-order valence-corrected chi connectivity index (χ1v) is 8.26. The molecule has 2 aromatic rings. The van der Waals surface area contributed by atoms with E-state index in [0.29, 0.717) is 11.4 Å². The Balaban J connectivity index is 0.00000364. The normalized spacial score (nSPS) is 11.3. The number of amides is 2. The van der Waals surface area contributed by atoms with Gasteiger partial charge in [-0.15, -0.1) is 12.4 Å². The molecule has 27 heavy (non-hydrogen) atoms. The number of carbonyl (C=O) groups is 2. The van der Waals surface area contributed by atoms with Crippen LogP contribution in [-0.2, 0) is 9.59 Å². The second kappa shape index (κ2) is 10.4. The van der Waals surface area contributed by atoms with Crippen LogP contribution < -0.4 is 21.1 Å². The van der Waals surface area contributed by atoms with Gasteiger partial charge in [0.05, 0.1) is 12.6 Å². The fraction of sp³-hybridized carbons (Fsp3) is 0.333. The molecule has 0 saturated carbocycles. The summed E-state index contributed by atoms with van der Waals surface area (Å²) in [4.78, 5) is 31.8. The van der Waals surface area contributed by atoms with Gasteiger partial charge in [0.1, 0.15) is 5.75 Å². The zero-order valence-electron chi connectivity index (χ0n) is 15.4. The highest BCUT2D eigenvalue weighted by Gasteiger charge is 2.17. The summed E-state index contributed by atoms with van der Waals surface area (Å²) < 4.78 is 5.54. The molecule has 2 amide bonds. The molecule has 0 aliphatic heterocycles. The number of nitrogens with zero attached hydrogens (tertiary/aromatic N) is 2. The summed E-state index contributed by atoms with van der Waals surface area (Å²) in [5.74, 6) is -0.144. The zero-order valence-corrected chi connectivity index (χ0v) is 16.2. The van der Waals surface area contributed by atoms with Gasteiger partial charge in [-0.2, -0.15) is 0 Å². The summed E-state index contributed by atoms with van der Waals surface area (Å²) in [6.07, 6.45) is 1.62. The van der Waals surface area contributed by atoms with Crippen LogP contribution in [0, 0.1) is 12.8 Å². The Morgan fingerprint density at radius 1 is 1.19 bits per heavy atom. The van der Waals surface area contributed by atoms with Gasteiger partial charge in [-0.1, -0.05) is 13.8 Å². The van der Waals surface area contributed by atoms with Crippen LogP contribution in [0.4, 0.5) is 5.69 Å². The van der Waals surface area contributed by atoms with Crippen LogP contribution >= 0.6 is 12.4 Å². The van der Waals surface area contributed by atoms with Crippen molar-refractivity contribution in [3.05, 3.63) is 42.2 Å². The molecule has 0 aliphatic rings. The monoisotopic (exact) mass is 393 g/mol. The summed E-state index contributed by atoms with van der Waals surface area (Å²) >= 11 is 0. The Morgan fingerprint density at radius 3 is 2.44 bits per heavy atom. The Morgan fingerprint density at radius 2 is 1.85 bits per heavy atom. The predicted octanol–water partition coefficient (Wildman–Crippen LogP) is 2.04. The van der Waals surface area contributed by atoms with Gasteiger partial charge in [0.15, 0.2) is 0 Å². The minimum Gasteiger partial charge on any atom is -0.424 e. The molecule has 146 valence electrons. The Labute approximate surface area is 164 Å². The lowest BCUT2D eigenvalue weighted by atomic mass is 10.1. The number of halogens is 1. The molecule has 0 aliphatic carbocycles. The number of hydrogen-bond acceptors (Lipinski definition) is 6. The first-order chi connectivity index (χ1) is 12.3. The molecule has 0 bridgehead atoms. The molecule has 0 unspecified atom stereocenters. The van der Waals surface area contributed by atoms with E-state index in [2.05, 4.69) is 20.6 Å². The van der Waals surface area contributed by atoms with Gasteiger partial charge in [0, 0.05) is 17.6 Å². The van der Waals surface area contributed by atoms with Gasteiger partial charge in [-0.05, 0) is 43.2 Å². The molecule has 9 heteroatoms. The zero-order chi connectivity index (χ0) is 19.1. The van der Waals surface area contributed by atoms with Gasteiger partial charge in [0.2, 0.25) is 11.8 Å². The van der Waals surface area contributed by atoms with Crippen molar-refractivity contribution in [2.24, 2.45) is 11.7 Å². The number of anilines is 1. The minimum absolute atomic E-state index is 0. The Kier molecular flexibility index (Phi) is 8.64. The van der Waals surface area contributed by atoms with Gasteiger partial charge in [-0.25, -0.2) is 9.97 Å². The molecule has 0 saturated heterocycles. The number of nitrogens with one attached hydrogen (secondary N) is 2. The number of ether oxygens (including phenoxy) is 1. The molecular weight excluding hydrogens is 370 g/mol. The van der Waals surface area contributed by atoms with Gasteiger partial charge < -0.3 is 21.1 Å². The van der Waals surface area contributed by atoms with E-state index in [1.165, 1.54) is 0 Å². The van der Waals surface area contributed by atoms with Crippen molar-refractivity contribution in [1.82, 2.24) is 15.3 Å². The van der Waals surface area contributed by atoms with E-state index in [1.807, 2.05) is 20.8 Å². The van der Waals surface area contributed by atoms with Crippen LogP contribution in [0.5, 0.6) is 11.8 Å². The number of benzene rings is 1. The van der Waals surface area contributed by atoms with Crippen LogP contribution in [0.15, 0.2) is 36.5 Å². The second-order valence-corrected chi connectivity index (χ2v) is 6.14. The van der Waals surface area contributed by atoms with Crippen LogP contribution in [-0.4, -0.2) is 34.4 Å². The lowest BCUT2D eigenvalue weighted by Gasteiger charge is -2.15. The smallest absolute Gasteiger partial charge is 0.322 e. The molecule has 1 heterocycles. The van der Waals surface area contributed by atoms with Crippen molar-refractivity contribution in [1.29, 1.82) is 0 Å². The number of aromatic nitrogens is 2. The quantitative estimate of drug-likeness (QED) is 0.662. The van der Waals surface area contributed by atoms with Gasteiger partial charge in [0.25, 0.3) is 0 Å². The molecule has 1 atom stereocenters. The average molecular weight is 394 g/mol. The van der Waals surface area contributed by atoms with E-state index >= 15 is 0 Å². The Bertz CT molecular complexity index is 768. The molecule has 0 fully saturated rings. The molecule has 4 N–H and O–H groups in total. The fourth-order valence-electron chi connectivity index (χ4n) is 1.98. The van der Waals surface area contributed by atoms with Gasteiger partial charge in [-0.3, -0.25) is 9.59 Å². The lowest BCUT2D eigenvalue weighted by molar-refractivity contribution is -0.125. The third kappa shape index (κ3) is 7.20. The van der Waals surface area contributed by atoms with Crippen molar-refractivity contribution < 1.29 is 14.3 Å². The maximum absolute atomic E-state index is 11.9. The van der Waals surface area contributed by atoms with Gasteiger partial charge >= 0.3 is 6.01 Å². The maximum atomic E-state index is 11.9. The van der Waals surface area contributed by atoms with E-state index < -0.39 is 6.04 Å². The van der Waals surface area contributed by atoms with Crippen molar-refractivity contribution in [2.75, 3.05) is 11.9 Å². The predicted molar refractivity (Wildman–Crippen MR) is 105 cm³/mol. The summed E-state index contributed by atoms with van der Waals surface area (Å²) in [5, 5.41) is 5.20. The number of nitrogens with two attached hydrogens (primary N) is 1. The third-order valence-corrected chi connectivity index (χ3v) is 3.56. The van der Waals surface area contributed by atoms with E-state index in [4.69, 9.17) is 10.5 Å².